The van der Waals surface area contributed by atoms with Crippen LogP contribution in [0.1, 0.15) is 39.9 Å². The zero-order valence-corrected chi connectivity index (χ0v) is 15.1. The van der Waals surface area contributed by atoms with Crippen LogP contribution in [0.3, 0.4) is 0 Å². The summed E-state index contributed by atoms with van der Waals surface area (Å²) in [6, 6.07) is 14.5. The van der Waals surface area contributed by atoms with Crippen LogP contribution in [0, 0.1) is 17.2 Å². The topological polar surface area (TPSA) is 85.6 Å². The van der Waals surface area contributed by atoms with Gasteiger partial charge in [-0.2, -0.15) is 5.26 Å². The zero-order chi connectivity index (χ0) is 19.4. The Hall–Kier alpha value is -3.33. The summed E-state index contributed by atoms with van der Waals surface area (Å²) in [6.07, 6.45) is 0. The zero-order valence-electron chi connectivity index (χ0n) is 15.1. The fourth-order valence-corrected chi connectivity index (χ4v) is 3.31. The number of fused-ring (bicyclic) bond motifs is 2. The molecule has 3 rings (SSSR count). The van der Waals surface area contributed by atoms with Crippen LogP contribution in [-0.4, -0.2) is 25.7 Å². The van der Waals surface area contributed by atoms with Gasteiger partial charge < -0.3 is 14.2 Å². The summed E-state index contributed by atoms with van der Waals surface area (Å²) in [7, 11) is 1.31. The van der Waals surface area contributed by atoms with Crippen molar-refractivity contribution in [3.8, 4) is 11.8 Å². The molecule has 27 heavy (non-hydrogen) atoms. The van der Waals surface area contributed by atoms with Crippen molar-refractivity contribution in [3.63, 3.8) is 0 Å². The summed E-state index contributed by atoms with van der Waals surface area (Å²) in [5.74, 6) is -2.21. The molecule has 0 radical (unpaired) electrons. The first-order valence-corrected chi connectivity index (χ1v) is 8.59. The van der Waals surface area contributed by atoms with E-state index in [-0.39, 0.29) is 13.2 Å². The van der Waals surface area contributed by atoms with Crippen LogP contribution < -0.4 is 4.74 Å². The number of carbonyl (C=O) groups excluding carboxylic acids is 2. The van der Waals surface area contributed by atoms with Gasteiger partial charge in [-0.05, 0) is 30.2 Å². The van der Waals surface area contributed by atoms with Crippen LogP contribution in [0.4, 0.5) is 0 Å². The quantitative estimate of drug-likeness (QED) is 0.774. The Bertz CT molecular complexity index is 915. The minimum atomic E-state index is -1.03. The molecule has 0 amide bonds. The molecule has 0 N–H and O–H groups in total. The molecule has 6 nitrogen and oxygen atoms in total. The van der Waals surface area contributed by atoms with Gasteiger partial charge in [0.05, 0.1) is 25.3 Å². The van der Waals surface area contributed by atoms with Crippen molar-refractivity contribution in [2.75, 3.05) is 13.7 Å². The standard InChI is InChI=1S/C21H19NO5/c1-3-26-21(24)17(11-22)19-15-7-5-4-6-14(15)12-27-18-10-13(20(23)25-2)8-9-16(18)19/h4-10,17,19H,3,12H2,1-2H3. The van der Waals surface area contributed by atoms with Crippen LogP contribution in [0.2, 0.25) is 0 Å². The molecule has 138 valence electrons. The van der Waals surface area contributed by atoms with Gasteiger partial charge in [0.1, 0.15) is 12.4 Å². The molecule has 0 bridgehead atoms. The molecule has 6 heteroatoms. The predicted octanol–water partition coefficient (Wildman–Crippen LogP) is 3.20. The van der Waals surface area contributed by atoms with E-state index >= 15 is 0 Å². The molecular formula is C21H19NO5. The van der Waals surface area contributed by atoms with E-state index in [1.54, 1.807) is 25.1 Å². The van der Waals surface area contributed by atoms with Crippen LogP contribution in [0.5, 0.6) is 5.75 Å². The van der Waals surface area contributed by atoms with Crippen molar-refractivity contribution >= 4 is 11.9 Å². The van der Waals surface area contributed by atoms with E-state index in [2.05, 4.69) is 6.07 Å². The first kappa shape index (κ1) is 18.5. The van der Waals surface area contributed by atoms with Crippen molar-refractivity contribution in [2.45, 2.75) is 19.4 Å². The van der Waals surface area contributed by atoms with Crippen molar-refractivity contribution < 1.29 is 23.8 Å². The highest BCUT2D eigenvalue weighted by molar-refractivity contribution is 5.90. The van der Waals surface area contributed by atoms with Crippen molar-refractivity contribution in [3.05, 3.63) is 64.7 Å². The Balaban J connectivity index is 2.17. The summed E-state index contributed by atoms with van der Waals surface area (Å²) in [4.78, 5) is 24.3. The van der Waals surface area contributed by atoms with Crippen molar-refractivity contribution in [2.24, 2.45) is 5.92 Å². The second-order valence-corrected chi connectivity index (χ2v) is 6.07. The Morgan fingerprint density at radius 1 is 1.26 bits per heavy atom. The minimum Gasteiger partial charge on any atom is -0.489 e. The molecule has 0 aromatic heterocycles. The molecular weight excluding hydrogens is 346 g/mol. The van der Waals surface area contributed by atoms with Gasteiger partial charge in [0.2, 0.25) is 0 Å². The van der Waals surface area contributed by atoms with E-state index in [9.17, 15) is 14.9 Å². The Morgan fingerprint density at radius 3 is 2.74 bits per heavy atom. The lowest BCUT2D eigenvalue weighted by atomic mass is 9.79. The molecule has 2 unspecified atom stereocenters. The maximum absolute atomic E-state index is 12.5. The van der Waals surface area contributed by atoms with Crippen molar-refractivity contribution in [1.82, 2.24) is 0 Å². The minimum absolute atomic E-state index is 0.190. The fraction of sp³-hybridized carbons (Fsp3) is 0.286. The Labute approximate surface area is 157 Å². The molecule has 1 aliphatic heterocycles. The summed E-state index contributed by atoms with van der Waals surface area (Å²) in [5, 5.41) is 9.73. The average molecular weight is 365 g/mol. The van der Waals surface area contributed by atoms with E-state index in [1.165, 1.54) is 7.11 Å². The molecule has 1 heterocycles. The summed E-state index contributed by atoms with van der Waals surface area (Å²) < 4.78 is 15.8. The molecule has 0 saturated heterocycles. The maximum atomic E-state index is 12.5. The summed E-state index contributed by atoms with van der Waals surface area (Å²) in [5.41, 5.74) is 2.71. The average Bonchev–Trinajstić information content (AvgIpc) is 2.85. The highest BCUT2D eigenvalue weighted by Crippen LogP contribution is 2.42. The molecule has 2 atom stereocenters. The molecule has 2 aromatic rings. The van der Waals surface area contributed by atoms with Crippen molar-refractivity contribution in [1.29, 1.82) is 5.26 Å². The number of hydrogen-bond acceptors (Lipinski definition) is 6. The fourth-order valence-electron chi connectivity index (χ4n) is 3.31. The molecule has 0 saturated carbocycles. The van der Waals surface area contributed by atoms with Gasteiger partial charge in [-0.15, -0.1) is 0 Å². The number of nitriles is 1. The predicted molar refractivity (Wildman–Crippen MR) is 96.1 cm³/mol. The maximum Gasteiger partial charge on any atom is 0.337 e. The van der Waals surface area contributed by atoms with E-state index < -0.39 is 23.8 Å². The SMILES string of the molecule is CCOC(=O)C(C#N)C1c2ccccc2COc2cc(C(=O)OC)ccc21. The highest BCUT2D eigenvalue weighted by atomic mass is 16.5. The molecule has 2 aromatic carbocycles. The van der Waals surface area contributed by atoms with E-state index in [4.69, 9.17) is 14.2 Å². The Morgan fingerprint density at radius 2 is 2.04 bits per heavy atom. The third kappa shape index (κ3) is 3.49. The van der Waals surface area contributed by atoms with Gasteiger partial charge in [0, 0.05) is 11.5 Å². The largest absolute Gasteiger partial charge is 0.489 e. The van der Waals surface area contributed by atoms with Gasteiger partial charge in [-0.1, -0.05) is 30.3 Å². The first-order chi connectivity index (χ1) is 13.1. The second kappa shape index (κ2) is 7.92. The number of rotatable bonds is 4. The van der Waals surface area contributed by atoms with Gasteiger partial charge in [0.15, 0.2) is 5.92 Å². The number of benzene rings is 2. The molecule has 1 aliphatic rings. The molecule has 0 fully saturated rings. The van der Waals surface area contributed by atoms with Gasteiger partial charge >= 0.3 is 11.9 Å². The normalized spacial score (nSPS) is 15.8. The highest BCUT2D eigenvalue weighted by Gasteiger charge is 2.37. The van der Waals surface area contributed by atoms with Crippen LogP contribution in [0.15, 0.2) is 42.5 Å². The van der Waals surface area contributed by atoms with Gasteiger partial charge in [-0.25, -0.2) is 4.79 Å². The van der Waals surface area contributed by atoms with Gasteiger partial charge in [-0.3, -0.25) is 4.79 Å². The molecule has 0 aliphatic carbocycles. The lowest BCUT2D eigenvalue weighted by Gasteiger charge is -2.22. The number of hydrogen-bond donors (Lipinski definition) is 0. The second-order valence-electron chi connectivity index (χ2n) is 6.07. The number of ether oxygens (including phenoxy) is 3. The number of methoxy groups -OCH3 is 1. The van der Waals surface area contributed by atoms with Gasteiger partial charge in [0.25, 0.3) is 0 Å². The lowest BCUT2D eigenvalue weighted by molar-refractivity contribution is -0.146. The number of esters is 2. The van der Waals surface area contributed by atoms with E-state index in [1.807, 2.05) is 24.3 Å². The summed E-state index contributed by atoms with van der Waals surface area (Å²) >= 11 is 0. The number of nitrogens with zero attached hydrogens (tertiary/aromatic N) is 1. The third-order valence-electron chi connectivity index (χ3n) is 4.56. The van der Waals surface area contributed by atoms with Crippen LogP contribution >= 0.6 is 0 Å². The van der Waals surface area contributed by atoms with Crippen LogP contribution in [0.25, 0.3) is 0 Å². The van der Waals surface area contributed by atoms with Crippen LogP contribution in [-0.2, 0) is 20.9 Å². The Kier molecular flexibility index (Phi) is 5.41. The van der Waals surface area contributed by atoms with E-state index in [0.717, 1.165) is 11.1 Å². The van der Waals surface area contributed by atoms with E-state index in [0.29, 0.717) is 16.9 Å². The monoisotopic (exact) mass is 365 g/mol. The smallest absolute Gasteiger partial charge is 0.337 e. The first-order valence-electron chi connectivity index (χ1n) is 8.59. The molecule has 0 spiro atoms. The summed E-state index contributed by atoms with van der Waals surface area (Å²) in [6.45, 7) is 2.16. The number of carbonyl (C=O) groups is 2. The third-order valence-corrected chi connectivity index (χ3v) is 4.56. The lowest BCUT2D eigenvalue weighted by Crippen LogP contribution is -2.24.